The van der Waals surface area contributed by atoms with Crippen molar-refractivity contribution in [2.24, 2.45) is 0 Å². The Morgan fingerprint density at radius 2 is 1.94 bits per heavy atom. The predicted octanol–water partition coefficient (Wildman–Crippen LogP) is 2.83. The van der Waals surface area contributed by atoms with Gasteiger partial charge in [0.05, 0.1) is 0 Å². The zero-order chi connectivity index (χ0) is 12.4. The molecule has 2 aromatic rings. The lowest BCUT2D eigenvalue weighted by molar-refractivity contribution is 0.442. The van der Waals surface area contributed by atoms with Crippen LogP contribution in [0.5, 0.6) is 11.5 Å². The number of halogens is 2. The van der Waals surface area contributed by atoms with Crippen LogP contribution in [0.2, 0.25) is 5.02 Å². The van der Waals surface area contributed by atoms with Crippen molar-refractivity contribution in [1.82, 2.24) is 4.98 Å². The Kier molecular flexibility index (Phi) is 3.01. The summed E-state index contributed by atoms with van der Waals surface area (Å²) in [6.45, 7) is 0. The highest BCUT2D eigenvalue weighted by Gasteiger charge is 2.10. The molecule has 0 unspecified atom stereocenters. The third kappa shape index (κ3) is 2.39. The van der Waals surface area contributed by atoms with Gasteiger partial charge in [-0.2, -0.15) is 0 Å². The molecular weight excluding hydrogens is 245 g/mol. The summed E-state index contributed by atoms with van der Waals surface area (Å²) >= 11 is 5.87. The molecule has 6 heteroatoms. The summed E-state index contributed by atoms with van der Waals surface area (Å²) in [4.78, 5) is 3.77. The highest BCUT2D eigenvalue weighted by Crippen LogP contribution is 2.33. The van der Waals surface area contributed by atoms with E-state index in [0.29, 0.717) is 5.69 Å². The minimum atomic E-state index is -0.573. The summed E-state index contributed by atoms with van der Waals surface area (Å²) in [6, 6.07) is 5.59. The molecule has 0 spiro atoms. The first-order chi connectivity index (χ1) is 8.08. The highest BCUT2D eigenvalue weighted by atomic mass is 35.5. The molecule has 0 atom stereocenters. The fourth-order valence-electron chi connectivity index (χ4n) is 1.24. The van der Waals surface area contributed by atoms with E-state index >= 15 is 0 Å². The lowest BCUT2D eigenvalue weighted by Gasteiger charge is -2.09. The Labute approximate surface area is 102 Å². The van der Waals surface area contributed by atoms with Crippen molar-refractivity contribution in [3.8, 4) is 11.5 Å². The lowest BCUT2D eigenvalue weighted by Crippen LogP contribution is -1.95. The van der Waals surface area contributed by atoms with Crippen molar-refractivity contribution in [3.63, 3.8) is 0 Å². The number of hydrogen-bond acceptors (Lipinski definition) is 4. The third-order valence-electron chi connectivity index (χ3n) is 2.06. The van der Waals surface area contributed by atoms with Gasteiger partial charge in [0.1, 0.15) is 10.8 Å². The zero-order valence-electron chi connectivity index (χ0n) is 8.65. The van der Waals surface area contributed by atoms with E-state index in [1.54, 1.807) is 0 Å². The summed E-state index contributed by atoms with van der Waals surface area (Å²) in [7, 11) is 0. The first kappa shape index (κ1) is 11.5. The van der Waals surface area contributed by atoms with E-state index in [2.05, 4.69) is 4.98 Å². The van der Waals surface area contributed by atoms with Crippen LogP contribution in [0.3, 0.4) is 0 Å². The molecule has 1 aromatic heterocycles. The second-order valence-corrected chi connectivity index (χ2v) is 3.68. The van der Waals surface area contributed by atoms with E-state index in [-0.39, 0.29) is 22.3 Å². The van der Waals surface area contributed by atoms with Gasteiger partial charge >= 0.3 is 0 Å². The molecule has 88 valence electrons. The van der Waals surface area contributed by atoms with E-state index in [1.165, 1.54) is 24.4 Å². The lowest BCUT2D eigenvalue weighted by atomic mass is 10.3. The van der Waals surface area contributed by atoms with Crippen molar-refractivity contribution in [2.45, 2.75) is 0 Å². The van der Waals surface area contributed by atoms with Crippen LogP contribution in [0.15, 0.2) is 30.5 Å². The number of anilines is 2. The Hall–Kier alpha value is -2.01. The van der Waals surface area contributed by atoms with Crippen molar-refractivity contribution in [1.29, 1.82) is 0 Å². The normalized spacial score (nSPS) is 10.2. The van der Waals surface area contributed by atoms with Gasteiger partial charge in [0.15, 0.2) is 17.3 Å². The van der Waals surface area contributed by atoms with Gasteiger partial charge in [0, 0.05) is 24.0 Å². The Morgan fingerprint density at radius 3 is 2.65 bits per heavy atom. The molecule has 17 heavy (non-hydrogen) atoms. The SMILES string of the molecule is Nc1ccc(Oc2ccnc(N)c2Cl)c(F)c1. The highest BCUT2D eigenvalue weighted by molar-refractivity contribution is 6.34. The first-order valence-corrected chi connectivity index (χ1v) is 5.08. The van der Waals surface area contributed by atoms with Gasteiger partial charge in [-0.1, -0.05) is 11.6 Å². The van der Waals surface area contributed by atoms with Crippen LogP contribution in [0.1, 0.15) is 0 Å². The summed E-state index contributed by atoms with van der Waals surface area (Å²) < 4.78 is 18.8. The van der Waals surface area contributed by atoms with Crippen molar-refractivity contribution in [2.75, 3.05) is 11.5 Å². The Bertz CT molecular complexity index is 562. The molecule has 0 aliphatic carbocycles. The number of benzene rings is 1. The van der Waals surface area contributed by atoms with E-state index in [4.69, 9.17) is 27.8 Å². The minimum absolute atomic E-state index is 0.0201. The number of hydrogen-bond donors (Lipinski definition) is 2. The summed E-state index contributed by atoms with van der Waals surface area (Å²) in [5.41, 5.74) is 11.2. The largest absolute Gasteiger partial charge is 0.453 e. The average Bonchev–Trinajstić information content (AvgIpc) is 2.28. The minimum Gasteiger partial charge on any atom is -0.453 e. The first-order valence-electron chi connectivity index (χ1n) is 4.71. The van der Waals surface area contributed by atoms with Gasteiger partial charge in [-0.3, -0.25) is 0 Å². The number of pyridine rings is 1. The van der Waals surface area contributed by atoms with Crippen LogP contribution < -0.4 is 16.2 Å². The summed E-state index contributed by atoms with van der Waals surface area (Å²) in [6.07, 6.45) is 1.42. The van der Waals surface area contributed by atoms with Gasteiger partial charge in [0.25, 0.3) is 0 Å². The number of rotatable bonds is 2. The Morgan fingerprint density at radius 1 is 1.18 bits per heavy atom. The van der Waals surface area contributed by atoms with Crippen LogP contribution in [-0.2, 0) is 0 Å². The number of aromatic nitrogens is 1. The standard InChI is InChI=1S/C11H9ClFN3O/c12-10-9(3-4-16-11(10)15)17-8-2-1-6(14)5-7(8)13/h1-5H,14H2,(H2,15,16). The molecule has 0 amide bonds. The van der Waals surface area contributed by atoms with Crippen molar-refractivity contribution in [3.05, 3.63) is 41.3 Å². The molecule has 0 saturated carbocycles. The van der Waals surface area contributed by atoms with Crippen LogP contribution in [0, 0.1) is 5.82 Å². The average molecular weight is 254 g/mol. The molecule has 0 radical (unpaired) electrons. The smallest absolute Gasteiger partial charge is 0.167 e. The zero-order valence-corrected chi connectivity index (χ0v) is 9.41. The molecule has 0 saturated heterocycles. The summed E-state index contributed by atoms with van der Waals surface area (Å²) in [5.74, 6) is -0.189. The number of nitrogen functional groups attached to an aromatic ring is 2. The predicted molar refractivity (Wildman–Crippen MR) is 64.5 cm³/mol. The van der Waals surface area contributed by atoms with Crippen LogP contribution in [-0.4, -0.2) is 4.98 Å². The van der Waals surface area contributed by atoms with Gasteiger partial charge < -0.3 is 16.2 Å². The van der Waals surface area contributed by atoms with Crippen LogP contribution in [0.4, 0.5) is 15.9 Å². The van der Waals surface area contributed by atoms with E-state index < -0.39 is 5.82 Å². The number of nitrogens with two attached hydrogens (primary N) is 2. The molecule has 0 bridgehead atoms. The quantitative estimate of drug-likeness (QED) is 0.807. The van der Waals surface area contributed by atoms with Gasteiger partial charge in [-0.25, -0.2) is 9.37 Å². The molecule has 0 aliphatic rings. The number of ether oxygens (including phenoxy) is 1. The van der Waals surface area contributed by atoms with Gasteiger partial charge in [0.2, 0.25) is 0 Å². The van der Waals surface area contributed by atoms with E-state index in [0.717, 1.165) is 6.07 Å². The maximum Gasteiger partial charge on any atom is 0.167 e. The fraction of sp³-hybridized carbons (Fsp3) is 0. The van der Waals surface area contributed by atoms with Crippen LogP contribution in [0.25, 0.3) is 0 Å². The van der Waals surface area contributed by atoms with Crippen molar-refractivity contribution < 1.29 is 9.13 Å². The molecular formula is C11H9ClFN3O. The maximum absolute atomic E-state index is 13.5. The molecule has 2 rings (SSSR count). The number of nitrogens with zero attached hydrogens (tertiary/aromatic N) is 1. The second-order valence-electron chi connectivity index (χ2n) is 3.30. The topological polar surface area (TPSA) is 74.2 Å². The van der Waals surface area contributed by atoms with E-state index in [9.17, 15) is 4.39 Å². The fourth-order valence-corrected chi connectivity index (χ4v) is 1.39. The van der Waals surface area contributed by atoms with E-state index in [1.807, 2.05) is 0 Å². The summed E-state index contributed by atoms with van der Waals surface area (Å²) in [5, 5.41) is 0.142. The molecule has 4 N–H and O–H groups in total. The molecule has 1 heterocycles. The molecule has 4 nitrogen and oxygen atoms in total. The van der Waals surface area contributed by atoms with Crippen LogP contribution >= 0.6 is 11.6 Å². The molecule has 0 aliphatic heterocycles. The van der Waals surface area contributed by atoms with Gasteiger partial charge in [-0.05, 0) is 12.1 Å². The molecule has 0 fully saturated rings. The third-order valence-corrected chi connectivity index (χ3v) is 2.44. The van der Waals surface area contributed by atoms with Gasteiger partial charge in [-0.15, -0.1) is 0 Å². The molecule has 1 aromatic carbocycles. The second kappa shape index (κ2) is 4.47. The van der Waals surface area contributed by atoms with Crippen molar-refractivity contribution >= 4 is 23.1 Å². The monoisotopic (exact) mass is 253 g/mol. The Balaban J connectivity index is 2.35. The maximum atomic E-state index is 13.5.